The highest BCUT2D eigenvalue weighted by molar-refractivity contribution is 6.01. The maximum Gasteiger partial charge on any atom is 0.328 e. The highest BCUT2D eigenvalue weighted by Crippen LogP contribution is 2.06. The summed E-state index contributed by atoms with van der Waals surface area (Å²) in [5.41, 5.74) is 0. The lowest BCUT2D eigenvalue weighted by atomic mass is 10.4. The van der Waals surface area contributed by atoms with Crippen molar-refractivity contribution in [3.05, 3.63) is 24.3 Å². The van der Waals surface area contributed by atoms with Gasteiger partial charge in [0.2, 0.25) is 11.8 Å². The zero-order valence-corrected chi connectivity index (χ0v) is 8.38. The van der Waals surface area contributed by atoms with E-state index >= 15 is 0 Å². The molecule has 0 atom stereocenters. The van der Waals surface area contributed by atoms with Crippen molar-refractivity contribution in [1.29, 1.82) is 0 Å². The number of anilines is 1. The molecule has 2 N–H and O–H groups in total. The molecule has 0 saturated carbocycles. The second-order valence-electron chi connectivity index (χ2n) is 2.62. The Morgan fingerprint density at radius 3 is 2.62 bits per heavy atom. The topological polar surface area (TPSA) is 101 Å². The van der Waals surface area contributed by atoms with E-state index in [-0.39, 0.29) is 5.82 Å². The number of nitrogens with zero attached hydrogens (tertiary/aromatic N) is 2. The zero-order chi connectivity index (χ0) is 12.0. The van der Waals surface area contributed by atoms with E-state index in [2.05, 4.69) is 15.5 Å². The van der Waals surface area contributed by atoms with Crippen LogP contribution in [0.4, 0.5) is 5.82 Å². The van der Waals surface area contributed by atoms with Gasteiger partial charge in [-0.2, -0.15) is 0 Å². The van der Waals surface area contributed by atoms with Gasteiger partial charge in [-0.25, -0.2) is 4.79 Å². The molecule has 16 heavy (non-hydrogen) atoms. The normalized spacial score (nSPS) is 10.1. The number of rotatable bonds is 4. The number of hydrogen-bond donors (Lipinski definition) is 2. The lowest BCUT2D eigenvalue weighted by molar-refractivity contribution is -0.131. The van der Waals surface area contributed by atoms with Gasteiger partial charge in [-0.15, -0.1) is 10.2 Å². The van der Waals surface area contributed by atoms with Crippen LogP contribution in [0.5, 0.6) is 5.88 Å². The molecule has 7 heteroatoms. The lowest BCUT2D eigenvalue weighted by Gasteiger charge is -2.00. The number of aliphatic carboxylic acids is 1. The van der Waals surface area contributed by atoms with Gasteiger partial charge in [-0.3, -0.25) is 4.79 Å². The third-order valence-corrected chi connectivity index (χ3v) is 1.48. The van der Waals surface area contributed by atoms with Gasteiger partial charge in [0.1, 0.15) is 0 Å². The van der Waals surface area contributed by atoms with Crippen LogP contribution in [-0.2, 0) is 9.59 Å². The minimum atomic E-state index is -1.20. The molecule has 1 rings (SSSR count). The summed E-state index contributed by atoms with van der Waals surface area (Å²) in [6.45, 7) is 0. The Morgan fingerprint density at radius 1 is 1.38 bits per heavy atom. The summed E-state index contributed by atoms with van der Waals surface area (Å²) in [6, 6.07) is 3.00. The number of carboxylic acids is 1. The molecule has 1 aromatic rings. The highest BCUT2D eigenvalue weighted by atomic mass is 16.5. The summed E-state index contributed by atoms with van der Waals surface area (Å²) in [5, 5.41) is 17.9. The molecule has 0 saturated heterocycles. The summed E-state index contributed by atoms with van der Waals surface area (Å²) in [4.78, 5) is 21.2. The molecule has 0 radical (unpaired) electrons. The van der Waals surface area contributed by atoms with Crippen molar-refractivity contribution in [2.24, 2.45) is 0 Å². The minimum absolute atomic E-state index is 0.209. The van der Waals surface area contributed by atoms with Gasteiger partial charge in [0.25, 0.3) is 0 Å². The Hall–Kier alpha value is -2.44. The molecular weight excluding hydrogens is 214 g/mol. The van der Waals surface area contributed by atoms with Gasteiger partial charge >= 0.3 is 5.97 Å². The van der Waals surface area contributed by atoms with Crippen LogP contribution in [0, 0.1) is 0 Å². The third-order valence-electron chi connectivity index (χ3n) is 1.48. The maximum atomic E-state index is 11.1. The Labute approximate surface area is 90.8 Å². The maximum absolute atomic E-state index is 11.1. The van der Waals surface area contributed by atoms with Crippen LogP contribution >= 0.6 is 0 Å². The van der Waals surface area contributed by atoms with Crippen LogP contribution in [0.25, 0.3) is 0 Å². The van der Waals surface area contributed by atoms with Gasteiger partial charge < -0.3 is 15.2 Å². The fourth-order valence-electron chi connectivity index (χ4n) is 0.810. The number of methoxy groups -OCH3 is 1. The monoisotopic (exact) mass is 223 g/mol. The van der Waals surface area contributed by atoms with E-state index < -0.39 is 11.9 Å². The van der Waals surface area contributed by atoms with Gasteiger partial charge in [0.15, 0.2) is 5.82 Å². The highest BCUT2D eigenvalue weighted by Gasteiger charge is 2.01. The molecule has 1 aromatic heterocycles. The SMILES string of the molecule is COc1ccc(NC(=O)/C=C/C(=O)O)nn1. The molecule has 1 heterocycles. The number of carboxylic acid groups (broad SMARTS) is 1. The smallest absolute Gasteiger partial charge is 0.328 e. The molecule has 1 amide bonds. The molecule has 0 unspecified atom stereocenters. The van der Waals surface area contributed by atoms with E-state index in [4.69, 9.17) is 9.84 Å². The molecular formula is C9H9N3O4. The molecule has 0 aliphatic carbocycles. The van der Waals surface area contributed by atoms with Crippen LogP contribution in [0.2, 0.25) is 0 Å². The van der Waals surface area contributed by atoms with Crippen LogP contribution in [0.3, 0.4) is 0 Å². The van der Waals surface area contributed by atoms with Crippen molar-refractivity contribution in [3.63, 3.8) is 0 Å². The summed E-state index contributed by atoms with van der Waals surface area (Å²) < 4.78 is 4.78. The number of carbonyl (C=O) groups is 2. The number of hydrogen-bond acceptors (Lipinski definition) is 5. The lowest BCUT2D eigenvalue weighted by Crippen LogP contribution is -2.10. The average Bonchev–Trinajstić information content (AvgIpc) is 2.27. The first-order chi connectivity index (χ1) is 7.61. The second kappa shape index (κ2) is 5.44. The van der Waals surface area contributed by atoms with Crippen molar-refractivity contribution < 1.29 is 19.4 Å². The molecule has 0 spiro atoms. The molecule has 84 valence electrons. The quantitative estimate of drug-likeness (QED) is 0.700. The Balaban J connectivity index is 2.59. The van der Waals surface area contributed by atoms with Crippen LogP contribution in [0.15, 0.2) is 24.3 Å². The molecule has 0 bridgehead atoms. The minimum Gasteiger partial charge on any atom is -0.480 e. The van der Waals surface area contributed by atoms with Crippen molar-refractivity contribution in [1.82, 2.24) is 10.2 Å². The van der Waals surface area contributed by atoms with Gasteiger partial charge in [0, 0.05) is 18.2 Å². The van der Waals surface area contributed by atoms with E-state index in [1.165, 1.54) is 19.2 Å². The Morgan fingerprint density at radius 2 is 2.12 bits per heavy atom. The fraction of sp³-hybridized carbons (Fsp3) is 0.111. The average molecular weight is 223 g/mol. The predicted octanol–water partition coefficient (Wildman–Crippen LogP) is 0.0645. The van der Waals surface area contributed by atoms with Gasteiger partial charge in [-0.1, -0.05) is 0 Å². The number of carbonyl (C=O) groups excluding carboxylic acids is 1. The fourth-order valence-corrected chi connectivity index (χ4v) is 0.810. The van der Waals surface area contributed by atoms with Crippen molar-refractivity contribution >= 4 is 17.7 Å². The van der Waals surface area contributed by atoms with E-state index in [0.29, 0.717) is 5.88 Å². The van der Waals surface area contributed by atoms with E-state index in [1.54, 1.807) is 0 Å². The Kier molecular flexibility index (Phi) is 3.96. The van der Waals surface area contributed by atoms with Crippen molar-refractivity contribution in [3.8, 4) is 5.88 Å². The number of ether oxygens (including phenoxy) is 1. The molecule has 0 aromatic carbocycles. The standard InChI is InChI=1S/C9H9N3O4/c1-16-8-4-2-6(11-12-8)10-7(13)3-5-9(14)15/h2-5H,1H3,(H,14,15)(H,10,11,13)/b5-3+. The van der Waals surface area contributed by atoms with Crippen molar-refractivity contribution in [2.45, 2.75) is 0 Å². The first-order valence-electron chi connectivity index (χ1n) is 4.21. The zero-order valence-electron chi connectivity index (χ0n) is 8.38. The molecule has 0 aliphatic heterocycles. The largest absolute Gasteiger partial charge is 0.480 e. The summed E-state index contributed by atoms with van der Waals surface area (Å²) in [6.07, 6.45) is 1.61. The molecule has 7 nitrogen and oxygen atoms in total. The molecule has 0 fully saturated rings. The third kappa shape index (κ3) is 3.74. The Bertz CT molecular complexity index is 413. The first kappa shape index (κ1) is 11.6. The van der Waals surface area contributed by atoms with Crippen molar-refractivity contribution in [2.75, 3.05) is 12.4 Å². The second-order valence-corrected chi connectivity index (χ2v) is 2.62. The first-order valence-corrected chi connectivity index (χ1v) is 4.21. The van der Waals surface area contributed by atoms with Crippen LogP contribution in [0.1, 0.15) is 0 Å². The van der Waals surface area contributed by atoms with E-state index in [9.17, 15) is 9.59 Å². The number of amides is 1. The summed E-state index contributed by atoms with van der Waals surface area (Å²) in [7, 11) is 1.44. The van der Waals surface area contributed by atoms with Crippen LogP contribution < -0.4 is 10.1 Å². The van der Waals surface area contributed by atoms with Crippen LogP contribution in [-0.4, -0.2) is 34.3 Å². The van der Waals surface area contributed by atoms with Gasteiger partial charge in [0.05, 0.1) is 7.11 Å². The summed E-state index contributed by atoms with van der Waals surface area (Å²) >= 11 is 0. The van der Waals surface area contributed by atoms with E-state index in [1.807, 2.05) is 0 Å². The number of nitrogens with one attached hydrogen (secondary N) is 1. The van der Waals surface area contributed by atoms with E-state index in [0.717, 1.165) is 12.2 Å². The summed E-state index contributed by atoms with van der Waals surface area (Å²) in [5.74, 6) is -1.27. The van der Waals surface area contributed by atoms with Gasteiger partial charge in [-0.05, 0) is 6.07 Å². The number of aromatic nitrogens is 2. The predicted molar refractivity (Wildman–Crippen MR) is 54.0 cm³/mol. The molecule has 0 aliphatic rings.